The van der Waals surface area contributed by atoms with E-state index in [0.717, 1.165) is 6.07 Å². The molecule has 0 heterocycles. The van der Waals surface area contributed by atoms with Crippen molar-refractivity contribution in [1.29, 1.82) is 10.5 Å². The number of rotatable bonds is 4. The van der Waals surface area contributed by atoms with E-state index in [1.807, 2.05) is 0 Å². The van der Waals surface area contributed by atoms with E-state index in [2.05, 4.69) is 5.32 Å². The average Bonchev–Trinajstić information content (AvgIpc) is 2.33. The molecule has 0 spiro atoms. The second-order valence-corrected chi connectivity index (χ2v) is 2.95. The monoisotopic (exact) mass is 233 g/mol. The van der Waals surface area contributed by atoms with Gasteiger partial charge in [0.05, 0.1) is 6.07 Å². The summed E-state index contributed by atoms with van der Waals surface area (Å²) in [6, 6.07) is 7.26. The van der Waals surface area contributed by atoms with E-state index in [1.54, 1.807) is 12.1 Å². The summed E-state index contributed by atoms with van der Waals surface area (Å²) in [6.45, 7) is -0.504. The molecule has 0 aliphatic rings. The molecule has 0 bridgehead atoms. The van der Waals surface area contributed by atoms with Crippen molar-refractivity contribution in [2.75, 3.05) is 13.2 Å². The van der Waals surface area contributed by atoms with E-state index in [1.165, 1.54) is 12.1 Å². The predicted molar refractivity (Wildman–Crippen MR) is 55.2 cm³/mol. The summed E-state index contributed by atoms with van der Waals surface area (Å²) < 4.78 is 18.1. The number of hydrogen-bond donors (Lipinski definition) is 1. The maximum Gasteiger partial charge on any atom is 0.258 e. The SMILES string of the molecule is N#CCNC(=O)COc1cccc(F)c1C#N. The minimum absolute atomic E-state index is 0.000363. The Hall–Kier alpha value is -2.60. The number of amides is 1. The highest BCUT2D eigenvalue weighted by Crippen LogP contribution is 2.19. The summed E-state index contributed by atoms with van der Waals surface area (Å²) in [6.07, 6.45) is 0. The lowest BCUT2D eigenvalue weighted by Crippen LogP contribution is -2.29. The Morgan fingerprint density at radius 3 is 2.88 bits per heavy atom. The number of ether oxygens (including phenoxy) is 1. The molecule has 1 aromatic rings. The Bertz CT molecular complexity index is 502. The molecular formula is C11H8FN3O2. The predicted octanol–water partition coefficient (Wildman–Crippen LogP) is 0.716. The van der Waals surface area contributed by atoms with Crippen LogP contribution in [-0.4, -0.2) is 19.1 Å². The van der Waals surface area contributed by atoms with Crippen LogP contribution in [0.4, 0.5) is 4.39 Å². The Morgan fingerprint density at radius 1 is 1.47 bits per heavy atom. The molecule has 0 saturated carbocycles. The zero-order valence-corrected chi connectivity index (χ0v) is 8.74. The van der Waals surface area contributed by atoms with Crippen LogP contribution < -0.4 is 10.1 Å². The molecule has 0 fully saturated rings. The highest BCUT2D eigenvalue weighted by atomic mass is 19.1. The van der Waals surface area contributed by atoms with E-state index in [0.29, 0.717) is 0 Å². The molecule has 0 saturated heterocycles. The van der Waals surface area contributed by atoms with Gasteiger partial charge in [0, 0.05) is 0 Å². The minimum atomic E-state index is -0.706. The van der Waals surface area contributed by atoms with E-state index < -0.39 is 11.7 Å². The summed E-state index contributed by atoms with van der Waals surface area (Å²) in [5.41, 5.74) is -0.249. The van der Waals surface area contributed by atoms with Crippen LogP contribution in [0.3, 0.4) is 0 Å². The van der Waals surface area contributed by atoms with Crippen LogP contribution in [0.5, 0.6) is 5.75 Å². The number of halogens is 1. The van der Waals surface area contributed by atoms with Gasteiger partial charge in [0.1, 0.15) is 29.7 Å². The molecule has 0 aliphatic carbocycles. The third kappa shape index (κ3) is 3.47. The van der Waals surface area contributed by atoms with Gasteiger partial charge in [-0.2, -0.15) is 10.5 Å². The number of nitrogens with zero attached hydrogens (tertiary/aromatic N) is 2. The molecule has 0 aliphatic heterocycles. The van der Waals surface area contributed by atoms with Crippen LogP contribution >= 0.6 is 0 Å². The largest absolute Gasteiger partial charge is 0.482 e. The molecule has 1 amide bonds. The Kier molecular flexibility index (Phi) is 4.46. The molecule has 5 nitrogen and oxygen atoms in total. The summed E-state index contributed by atoms with van der Waals surface area (Å²) >= 11 is 0. The molecular weight excluding hydrogens is 225 g/mol. The van der Waals surface area contributed by atoms with Gasteiger partial charge in [-0.25, -0.2) is 4.39 Å². The second kappa shape index (κ2) is 6.09. The average molecular weight is 233 g/mol. The summed E-state index contributed by atoms with van der Waals surface area (Å²) in [5, 5.41) is 19.2. The highest BCUT2D eigenvalue weighted by Gasteiger charge is 2.10. The van der Waals surface area contributed by atoms with Crippen LogP contribution in [-0.2, 0) is 4.79 Å². The van der Waals surface area contributed by atoms with Crippen molar-refractivity contribution in [2.24, 2.45) is 0 Å². The molecule has 6 heteroatoms. The van der Waals surface area contributed by atoms with Gasteiger partial charge >= 0.3 is 0 Å². The van der Waals surface area contributed by atoms with Crippen molar-refractivity contribution in [3.05, 3.63) is 29.6 Å². The van der Waals surface area contributed by atoms with Crippen molar-refractivity contribution in [3.8, 4) is 17.9 Å². The van der Waals surface area contributed by atoms with E-state index in [4.69, 9.17) is 15.3 Å². The number of nitriles is 2. The minimum Gasteiger partial charge on any atom is -0.482 e. The van der Waals surface area contributed by atoms with Crippen molar-refractivity contribution in [1.82, 2.24) is 5.32 Å². The lowest BCUT2D eigenvalue weighted by Gasteiger charge is -2.07. The third-order valence-corrected chi connectivity index (χ3v) is 1.81. The molecule has 1 N–H and O–H groups in total. The first-order chi connectivity index (χ1) is 8.19. The first-order valence-corrected chi connectivity index (χ1v) is 4.64. The fourth-order valence-corrected chi connectivity index (χ4v) is 1.07. The summed E-state index contributed by atoms with van der Waals surface area (Å²) in [5.74, 6) is -1.22. The van der Waals surface area contributed by atoms with Crippen LogP contribution in [0.2, 0.25) is 0 Å². The molecule has 17 heavy (non-hydrogen) atoms. The van der Waals surface area contributed by atoms with Crippen molar-refractivity contribution in [3.63, 3.8) is 0 Å². The Balaban J connectivity index is 2.65. The molecule has 0 atom stereocenters. The van der Waals surface area contributed by atoms with Crippen molar-refractivity contribution >= 4 is 5.91 Å². The fourth-order valence-electron chi connectivity index (χ4n) is 1.07. The van der Waals surface area contributed by atoms with Gasteiger partial charge in [0.2, 0.25) is 0 Å². The topological polar surface area (TPSA) is 85.9 Å². The van der Waals surface area contributed by atoms with E-state index in [-0.39, 0.29) is 24.5 Å². The molecule has 0 aromatic heterocycles. The van der Waals surface area contributed by atoms with E-state index in [9.17, 15) is 9.18 Å². The molecule has 1 aromatic carbocycles. The highest BCUT2D eigenvalue weighted by molar-refractivity contribution is 5.77. The lowest BCUT2D eigenvalue weighted by molar-refractivity contribution is -0.122. The molecule has 0 radical (unpaired) electrons. The van der Waals surface area contributed by atoms with Gasteiger partial charge < -0.3 is 10.1 Å². The van der Waals surface area contributed by atoms with Gasteiger partial charge in [-0.3, -0.25) is 4.79 Å². The van der Waals surface area contributed by atoms with Gasteiger partial charge in [-0.1, -0.05) is 6.07 Å². The maximum atomic E-state index is 13.1. The summed E-state index contributed by atoms with van der Waals surface area (Å²) in [4.78, 5) is 11.1. The molecule has 0 unspecified atom stereocenters. The van der Waals surface area contributed by atoms with Crippen LogP contribution in [0.25, 0.3) is 0 Å². The number of hydrogen-bond acceptors (Lipinski definition) is 4. The van der Waals surface area contributed by atoms with E-state index >= 15 is 0 Å². The van der Waals surface area contributed by atoms with Crippen LogP contribution in [0.15, 0.2) is 18.2 Å². The quantitative estimate of drug-likeness (QED) is 0.776. The Labute approximate surface area is 97.0 Å². The smallest absolute Gasteiger partial charge is 0.258 e. The molecule has 86 valence electrons. The number of benzene rings is 1. The lowest BCUT2D eigenvalue weighted by atomic mass is 10.2. The van der Waals surface area contributed by atoms with Crippen LogP contribution in [0.1, 0.15) is 5.56 Å². The van der Waals surface area contributed by atoms with Gasteiger partial charge in [-0.15, -0.1) is 0 Å². The first-order valence-electron chi connectivity index (χ1n) is 4.64. The fraction of sp³-hybridized carbons (Fsp3) is 0.182. The van der Waals surface area contributed by atoms with Crippen molar-refractivity contribution in [2.45, 2.75) is 0 Å². The molecule has 1 rings (SSSR count). The zero-order valence-electron chi connectivity index (χ0n) is 8.74. The van der Waals surface area contributed by atoms with Crippen LogP contribution in [0, 0.1) is 28.5 Å². The number of carbonyl (C=O) groups is 1. The summed E-state index contributed by atoms with van der Waals surface area (Å²) in [7, 11) is 0. The van der Waals surface area contributed by atoms with Crippen molar-refractivity contribution < 1.29 is 13.9 Å². The zero-order chi connectivity index (χ0) is 12.7. The first kappa shape index (κ1) is 12.5. The number of carbonyl (C=O) groups excluding carboxylic acids is 1. The van der Waals surface area contributed by atoms with Gasteiger partial charge in [0.25, 0.3) is 5.91 Å². The number of nitrogens with one attached hydrogen (secondary N) is 1. The van der Waals surface area contributed by atoms with Gasteiger partial charge in [-0.05, 0) is 12.1 Å². The standard InChI is InChI=1S/C11H8FN3O2/c12-9-2-1-3-10(8(9)6-14)17-7-11(16)15-5-4-13/h1-3H,5,7H2,(H,15,16). The third-order valence-electron chi connectivity index (χ3n) is 1.81. The Morgan fingerprint density at radius 2 is 2.24 bits per heavy atom. The van der Waals surface area contributed by atoms with Gasteiger partial charge in [0.15, 0.2) is 6.61 Å². The normalized spacial score (nSPS) is 8.88. The second-order valence-electron chi connectivity index (χ2n) is 2.95. The maximum absolute atomic E-state index is 13.1.